The molecular weight excluding hydrogens is 270 g/mol. The van der Waals surface area contributed by atoms with Crippen LogP contribution in [-0.2, 0) is 6.42 Å². The quantitative estimate of drug-likeness (QED) is 0.773. The standard InChI is InChI=1S/C15H21N3O3/c16-13-5-2-8-18(10-13)15(21)17-7-6-11-3-1-4-12(9-11)14(19)20/h1,3-4,9,13H,2,5-8,10,16H2,(H,17,21)(H,19,20). The number of nitrogens with one attached hydrogen (secondary N) is 1. The zero-order chi connectivity index (χ0) is 15.2. The number of aromatic carboxylic acids is 1. The zero-order valence-corrected chi connectivity index (χ0v) is 11.9. The van der Waals surface area contributed by atoms with Crippen LogP contribution >= 0.6 is 0 Å². The molecule has 2 rings (SSSR count). The Balaban J connectivity index is 1.79. The Labute approximate surface area is 123 Å². The van der Waals surface area contributed by atoms with Crippen molar-refractivity contribution in [2.45, 2.75) is 25.3 Å². The predicted molar refractivity (Wildman–Crippen MR) is 79.3 cm³/mol. The number of nitrogens with zero attached hydrogens (tertiary/aromatic N) is 1. The fraction of sp³-hybridized carbons (Fsp3) is 0.467. The van der Waals surface area contributed by atoms with Crippen molar-refractivity contribution >= 4 is 12.0 Å². The summed E-state index contributed by atoms with van der Waals surface area (Å²) in [6.45, 7) is 1.82. The molecule has 2 amide bonds. The van der Waals surface area contributed by atoms with Gasteiger partial charge in [0.2, 0.25) is 0 Å². The Morgan fingerprint density at radius 2 is 2.24 bits per heavy atom. The molecule has 4 N–H and O–H groups in total. The van der Waals surface area contributed by atoms with Gasteiger partial charge in [-0.05, 0) is 37.0 Å². The minimum Gasteiger partial charge on any atom is -0.478 e. The van der Waals surface area contributed by atoms with Crippen LogP contribution in [0.1, 0.15) is 28.8 Å². The van der Waals surface area contributed by atoms with E-state index in [1.54, 1.807) is 23.1 Å². The molecule has 21 heavy (non-hydrogen) atoms. The number of carboxylic acids is 1. The molecular formula is C15H21N3O3. The molecule has 1 saturated heterocycles. The van der Waals surface area contributed by atoms with Crippen molar-refractivity contribution in [2.24, 2.45) is 5.73 Å². The van der Waals surface area contributed by atoms with Crippen molar-refractivity contribution in [2.75, 3.05) is 19.6 Å². The van der Waals surface area contributed by atoms with Gasteiger partial charge < -0.3 is 21.1 Å². The number of nitrogens with two attached hydrogens (primary N) is 1. The summed E-state index contributed by atoms with van der Waals surface area (Å²) in [6.07, 6.45) is 2.51. The fourth-order valence-electron chi connectivity index (χ4n) is 2.48. The van der Waals surface area contributed by atoms with E-state index >= 15 is 0 Å². The molecule has 1 heterocycles. The van der Waals surface area contributed by atoms with Gasteiger partial charge in [-0.2, -0.15) is 0 Å². The summed E-state index contributed by atoms with van der Waals surface area (Å²) >= 11 is 0. The van der Waals surface area contributed by atoms with Crippen LogP contribution in [0.2, 0.25) is 0 Å². The number of likely N-dealkylation sites (tertiary alicyclic amines) is 1. The zero-order valence-electron chi connectivity index (χ0n) is 11.9. The van der Waals surface area contributed by atoms with Gasteiger partial charge in [-0.15, -0.1) is 0 Å². The fourth-order valence-corrected chi connectivity index (χ4v) is 2.48. The predicted octanol–water partition coefficient (Wildman–Crippen LogP) is 1.06. The van der Waals surface area contributed by atoms with Crippen LogP contribution in [0.25, 0.3) is 0 Å². The number of carbonyl (C=O) groups excluding carboxylic acids is 1. The monoisotopic (exact) mass is 291 g/mol. The first kappa shape index (κ1) is 15.3. The average molecular weight is 291 g/mol. The maximum Gasteiger partial charge on any atom is 0.335 e. The van der Waals surface area contributed by atoms with Gasteiger partial charge in [0, 0.05) is 25.7 Å². The molecule has 0 aliphatic carbocycles. The molecule has 1 fully saturated rings. The van der Waals surface area contributed by atoms with Gasteiger partial charge in [-0.1, -0.05) is 12.1 Å². The number of urea groups is 1. The summed E-state index contributed by atoms with van der Waals surface area (Å²) in [6, 6.07) is 6.72. The molecule has 0 saturated carbocycles. The number of carboxylic acid groups (broad SMARTS) is 1. The molecule has 1 aliphatic heterocycles. The molecule has 0 radical (unpaired) electrons. The molecule has 1 aromatic carbocycles. The Hall–Kier alpha value is -2.08. The summed E-state index contributed by atoms with van der Waals surface area (Å²) in [5, 5.41) is 11.8. The topological polar surface area (TPSA) is 95.7 Å². The Morgan fingerprint density at radius 1 is 1.43 bits per heavy atom. The molecule has 1 atom stereocenters. The highest BCUT2D eigenvalue weighted by atomic mass is 16.4. The molecule has 6 heteroatoms. The summed E-state index contributed by atoms with van der Waals surface area (Å²) in [7, 11) is 0. The van der Waals surface area contributed by atoms with Crippen molar-refractivity contribution in [3.63, 3.8) is 0 Å². The van der Waals surface area contributed by atoms with Crippen LogP contribution in [0.5, 0.6) is 0 Å². The second kappa shape index (κ2) is 7.08. The number of carbonyl (C=O) groups is 2. The number of hydrogen-bond donors (Lipinski definition) is 3. The molecule has 1 unspecified atom stereocenters. The Bertz CT molecular complexity index is 519. The number of rotatable bonds is 4. The lowest BCUT2D eigenvalue weighted by molar-refractivity contribution is 0.0696. The third-order valence-electron chi connectivity index (χ3n) is 3.61. The largest absolute Gasteiger partial charge is 0.478 e. The Morgan fingerprint density at radius 3 is 2.95 bits per heavy atom. The van der Waals surface area contributed by atoms with Crippen molar-refractivity contribution < 1.29 is 14.7 Å². The number of hydrogen-bond acceptors (Lipinski definition) is 3. The van der Waals surface area contributed by atoms with E-state index in [-0.39, 0.29) is 17.6 Å². The first-order valence-corrected chi connectivity index (χ1v) is 7.17. The lowest BCUT2D eigenvalue weighted by Gasteiger charge is -2.30. The molecule has 6 nitrogen and oxygen atoms in total. The highest BCUT2D eigenvalue weighted by Crippen LogP contribution is 2.08. The van der Waals surface area contributed by atoms with Crippen LogP contribution in [-0.4, -0.2) is 47.7 Å². The van der Waals surface area contributed by atoms with Gasteiger partial charge in [0.25, 0.3) is 0 Å². The smallest absolute Gasteiger partial charge is 0.335 e. The maximum absolute atomic E-state index is 12.0. The highest BCUT2D eigenvalue weighted by Gasteiger charge is 2.20. The van der Waals surface area contributed by atoms with E-state index in [0.29, 0.717) is 19.5 Å². The van der Waals surface area contributed by atoms with Crippen LogP contribution < -0.4 is 11.1 Å². The molecule has 1 aromatic rings. The van der Waals surface area contributed by atoms with Crippen molar-refractivity contribution in [3.05, 3.63) is 35.4 Å². The SMILES string of the molecule is NC1CCCN(C(=O)NCCc2cccc(C(=O)O)c2)C1. The number of benzene rings is 1. The first-order chi connectivity index (χ1) is 10.1. The lowest BCUT2D eigenvalue weighted by Crippen LogP contribution is -2.49. The van der Waals surface area contributed by atoms with E-state index in [4.69, 9.17) is 10.8 Å². The van der Waals surface area contributed by atoms with Gasteiger partial charge in [0.1, 0.15) is 0 Å². The van der Waals surface area contributed by atoms with E-state index in [2.05, 4.69) is 5.32 Å². The van der Waals surface area contributed by atoms with Crippen molar-refractivity contribution in [3.8, 4) is 0 Å². The minimum atomic E-state index is -0.941. The first-order valence-electron chi connectivity index (χ1n) is 7.17. The van der Waals surface area contributed by atoms with Crippen molar-refractivity contribution in [1.82, 2.24) is 10.2 Å². The van der Waals surface area contributed by atoms with Gasteiger partial charge in [-0.3, -0.25) is 0 Å². The van der Waals surface area contributed by atoms with Gasteiger partial charge in [0.05, 0.1) is 5.56 Å². The van der Waals surface area contributed by atoms with Gasteiger partial charge in [0.15, 0.2) is 0 Å². The summed E-state index contributed by atoms with van der Waals surface area (Å²) in [5.41, 5.74) is 7.01. The van der Waals surface area contributed by atoms with E-state index in [1.807, 2.05) is 6.07 Å². The number of piperidine rings is 1. The summed E-state index contributed by atoms with van der Waals surface area (Å²) in [4.78, 5) is 24.6. The molecule has 0 spiro atoms. The Kier molecular flexibility index (Phi) is 5.16. The molecule has 1 aliphatic rings. The lowest BCUT2D eigenvalue weighted by atomic mass is 10.1. The third-order valence-corrected chi connectivity index (χ3v) is 3.61. The summed E-state index contributed by atoms with van der Waals surface area (Å²) < 4.78 is 0. The van der Waals surface area contributed by atoms with E-state index < -0.39 is 5.97 Å². The van der Waals surface area contributed by atoms with Gasteiger partial charge in [-0.25, -0.2) is 9.59 Å². The third kappa shape index (κ3) is 4.46. The van der Waals surface area contributed by atoms with Crippen molar-refractivity contribution in [1.29, 1.82) is 0 Å². The van der Waals surface area contributed by atoms with E-state index in [1.165, 1.54) is 0 Å². The second-order valence-corrected chi connectivity index (χ2v) is 5.34. The van der Waals surface area contributed by atoms with Crippen LogP contribution in [0.15, 0.2) is 24.3 Å². The second-order valence-electron chi connectivity index (χ2n) is 5.34. The summed E-state index contributed by atoms with van der Waals surface area (Å²) in [5.74, 6) is -0.941. The average Bonchev–Trinajstić information content (AvgIpc) is 2.47. The van der Waals surface area contributed by atoms with Crippen LogP contribution in [0.4, 0.5) is 4.79 Å². The van der Waals surface area contributed by atoms with Crippen LogP contribution in [0.3, 0.4) is 0 Å². The maximum atomic E-state index is 12.0. The van der Waals surface area contributed by atoms with Gasteiger partial charge >= 0.3 is 12.0 Å². The minimum absolute atomic E-state index is 0.0664. The number of amides is 2. The van der Waals surface area contributed by atoms with E-state index in [0.717, 1.165) is 24.9 Å². The molecule has 0 aromatic heterocycles. The van der Waals surface area contributed by atoms with Crippen LogP contribution in [0, 0.1) is 0 Å². The molecule has 0 bridgehead atoms. The van der Waals surface area contributed by atoms with E-state index in [9.17, 15) is 9.59 Å². The molecule has 114 valence electrons. The normalized spacial score (nSPS) is 18.3. The highest BCUT2D eigenvalue weighted by molar-refractivity contribution is 5.87.